The quantitative estimate of drug-likeness (QED) is 0.573. The van der Waals surface area contributed by atoms with Crippen molar-refractivity contribution in [2.75, 3.05) is 0 Å². The van der Waals surface area contributed by atoms with Crippen molar-refractivity contribution in [3.05, 3.63) is 12.2 Å². The van der Waals surface area contributed by atoms with Crippen molar-refractivity contribution in [2.45, 2.75) is 26.7 Å². The molecule has 0 heterocycles. The van der Waals surface area contributed by atoms with Gasteiger partial charge in [0.2, 0.25) is 0 Å². The molecule has 0 aromatic rings. The van der Waals surface area contributed by atoms with Gasteiger partial charge >= 0.3 is 0 Å². The Balaban J connectivity index is 2.23. The molecule has 0 spiro atoms. The number of hydrogen-bond acceptors (Lipinski definition) is 1. The Bertz CT molecular complexity index is 229. The first-order valence-electron chi connectivity index (χ1n) is 4.92. The number of rotatable bonds is 2. The van der Waals surface area contributed by atoms with E-state index in [1.165, 1.54) is 6.42 Å². The number of Topliss-reactive ketones (excluding diaryl/α,β-unsaturated/α-hetero) is 1. The molecule has 0 aromatic heterocycles. The average Bonchev–Trinajstić information content (AvgIpc) is 2.60. The lowest BCUT2D eigenvalue weighted by atomic mass is 9.79. The molecule has 0 N–H and O–H groups in total. The molecule has 1 fully saturated rings. The number of ketones is 1. The van der Waals surface area contributed by atoms with Crippen LogP contribution in [0.5, 0.6) is 0 Å². The van der Waals surface area contributed by atoms with Crippen molar-refractivity contribution in [3.63, 3.8) is 0 Å². The Morgan fingerprint density at radius 1 is 1.42 bits per heavy atom. The van der Waals surface area contributed by atoms with Gasteiger partial charge in [-0.25, -0.2) is 0 Å². The van der Waals surface area contributed by atoms with Crippen LogP contribution in [-0.2, 0) is 4.79 Å². The normalized spacial score (nSPS) is 43.8. The highest BCUT2D eigenvalue weighted by Gasteiger charge is 2.45. The average molecular weight is 164 g/mol. The molecule has 0 saturated heterocycles. The van der Waals surface area contributed by atoms with Crippen molar-refractivity contribution in [1.29, 1.82) is 0 Å². The SMILES string of the molecule is CCC1C2C=CC(C2)C1C(C)=O. The van der Waals surface area contributed by atoms with Crippen LogP contribution in [0.25, 0.3) is 0 Å². The molecule has 0 radical (unpaired) electrons. The summed E-state index contributed by atoms with van der Waals surface area (Å²) in [5.74, 6) is 2.70. The lowest BCUT2D eigenvalue weighted by molar-refractivity contribution is -0.122. The predicted octanol–water partition coefficient (Wildman–Crippen LogP) is 2.42. The summed E-state index contributed by atoms with van der Waals surface area (Å²) in [4.78, 5) is 11.4. The van der Waals surface area contributed by atoms with Gasteiger partial charge in [0.1, 0.15) is 5.78 Å². The maximum absolute atomic E-state index is 11.4. The minimum atomic E-state index is 0.352. The van der Waals surface area contributed by atoms with E-state index in [0.717, 1.165) is 6.42 Å². The van der Waals surface area contributed by atoms with E-state index >= 15 is 0 Å². The number of hydrogen-bond donors (Lipinski definition) is 0. The van der Waals surface area contributed by atoms with Crippen molar-refractivity contribution in [3.8, 4) is 0 Å². The molecule has 2 aliphatic rings. The molecular formula is C11H16O. The van der Waals surface area contributed by atoms with Crippen LogP contribution < -0.4 is 0 Å². The highest BCUT2D eigenvalue weighted by molar-refractivity contribution is 5.80. The standard InChI is InChI=1S/C11H16O/c1-3-10-8-4-5-9(6-8)11(10)7(2)12/h4-5,8-11H,3,6H2,1-2H3. The summed E-state index contributed by atoms with van der Waals surface area (Å²) in [6, 6.07) is 0. The second-order valence-corrected chi connectivity index (χ2v) is 4.16. The fraction of sp³-hybridized carbons (Fsp3) is 0.727. The van der Waals surface area contributed by atoms with Crippen molar-refractivity contribution < 1.29 is 4.79 Å². The maximum atomic E-state index is 11.4. The van der Waals surface area contributed by atoms with Crippen LogP contribution >= 0.6 is 0 Å². The van der Waals surface area contributed by atoms with Gasteiger partial charge in [0.25, 0.3) is 0 Å². The van der Waals surface area contributed by atoms with Crippen molar-refractivity contribution in [1.82, 2.24) is 0 Å². The smallest absolute Gasteiger partial charge is 0.133 e. The zero-order valence-corrected chi connectivity index (χ0v) is 7.79. The van der Waals surface area contributed by atoms with Crippen LogP contribution in [0.2, 0.25) is 0 Å². The first kappa shape index (κ1) is 8.03. The first-order chi connectivity index (χ1) is 5.74. The molecule has 0 amide bonds. The molecule has 0 aromatic carbocycles. The summed E-state index contributed by atoms with van der Waals surface area (Å²) in [6.07, 6.45) is 6.97. The van der Waals surface area contributed by atoms with Crippen molar-refractivity contribution >= 4 is 5.78 Å². The molecule has 2 aliphatic carbocycles. The third-order valence-corrected chi connectivity index (χ3v) is 3.56. The van der Waals surface area contributed by atoms with Gasteiger partial charge in [0.05, 0.1) is 0 Å². The fourth-order valence-corrected chi connectivity index (χ4v) is 3.08. The van der Waals surface area contributed by atoms with E-state index in [1.807, 2.05) is 0 Å². The molecule has 1 saturated carbocycles. The zero-order chi connectivity index (χ0) is 8.72. The molecule has 2 bridgehead atoms. The fourth-order valence-electron chi connectivity index (χ4n) is 3.08. The summed E-state index contributed by atoms with van der Waals surface area (Å²) >= 11 is 0. The predicted molar refractivity (Wildman–Crippen MR) is 48.7 cm³/mol. The highest BCUT2D eigenvalue weighted by Crippen LogP contribution is 2.49. The van der Waals surface area contributed by atoms with E-state index in [2.05, 4.69) is 19.1 Å². The lowest BCUT2D eigenvalue weighted by Crippen LogP contribution is -2.25. The third-order valence-electron chi connectivity index (χ3n) is 3.56. The minimum absolute atomic E-state index is 0.352. The second kappa shape index (κ2) is 2.72. The molecule has 2 rings (SSSR count). The summed E-state index contributed by atoms with van der Waals surface area (Å²) in [5, 5.41) is 0. The van der Waals surface area contributed by atoms with E-state index in [1.54, 1.807) is 6.92 Å². The second-order valence-electron chi connectivity index (χ2n) is 4.16. The van der Waals surface area contributed by atoms with E-state index in [4.69, 9.17) is 0 Å². The minimum Gasteiger partial charge on any atom is -0.300 e. The van der Waals surface area contributed by atoms with Gasteiger partial charge in [0.15, 0.2) is 0 Å². The van der Waals surface area contributed by atoms with Gasteiger partial charge in [-0.15, -0.1) is 0 Å². The third kappa shape index (κ3) is 0.954. The molecular weight excluding hydrogens is 148 g/mol. The van der Waals surface area contributed by atoms with Crippen LogP contribution in [0.15, 0.2) is 12.2 Å². The van der Waals surface area contributed by atoms with Gasteiger partial charge in [0, 0.05) is 5.92 Å². The molecule has 4 unspecified atom stereocenters. The van der Waals surface area contributed by atoms with E-state index in [0.29, 0.717) is 29.5 Å². The molecule has 66 valence electrons. The van der Waals surface area contributed by atoms with E-state index < -0.39 is 0 Å². The number of carbonyl (C=O) groups excluding carboxylic acids is 1. The Kier molecular flexibility index (Phi) is 1.82. The topological polar surface area (TPSA) is 17.1 Å². The van der Waals surface area contributed by atoms with Crippen LogP contribution in [0.4, 0.5) is 0 Å². The van der Waals surface area contributed by atoms with Crippen LogP contribution in [0, 0.1) is 23.7 Å². The van der Waals surface area contributed by atoms with Crippen molar-refractivity contribution in [2.24, 2.45) is 23.7 Å². The molecule has 0 aliphatic heterocycles. The Morgan fingerprint density at radius 3 is 2.58 bits per heavy atom. The molecule has 12 heavy (non-hydrogen) atoms. The Morgan fingerprint density at radius 2 is 2.08 bits per heavy atom. The Hall–Kier alpha value is -0.590. The van der Waals surface area contributed by atoms with Crippen LogP contribution in [0.3, 0.4) is 0 Å². The molecule has 4 atom stereocenters. The summed E-state index contributed by atoms with van der Waals surface area (Å²) in [6.45, 7) is 3.96. The van der Waals surface area contributed by atoms with Crippen LogP contribution in [0.1, 0.15) is 26.7 Å². The number of fused-ring (bicyclic) bond motifs is 2. The summed E-state index contributed by atoms with van der Waals surface area (Å²) in [7, 11) is 0. The zero-order valence-electron chi connectivity index (χ0n) is 7.79. The number of allylic oxidation sites excluding steroid dienone is 2. The van der Waals surface area contributed by atoms with E-state index in [-0.39, 0.29) is 0 Å². The lowest BCUT2D eigenvalue weighted by Gasteiger charge is -2.24. The van der Waals surface area contributed by atoms with Gasteiger partial charge < -0.3 is 0 Å². The van der Waals surface area contributed by atoms with Gasteiger partial charge in [-0.1, -0.05) is 25.5 Å². The molecule has 1 nitrogen and oxygen atoms in total. The summed E-state index contributed by atoms with van der Waals surface area (Å²) in [5.41, 5.74) is 0. The van der Waals surface area contributed by atoms with Gasteiger partial charge in [-0.3, -0.25) is 4.79 Å². The largest absolute Gasteiger partial charge is 0.300 e. The summed E-state index contributed by atoms with van der Waals surface area (Å²) < 4.78 is 0. The molecule has 1 heteroatoms. The van der Waals surface area contributed by atoms with Gasteiger partial charge in [-0.2, -0.15) is 0 Å². The monoisotopic (exact) mass is 164 g/mol. The Labute approximate surface area is 73.8 Å². The highest BCUT2D eigenvalue weighted by atomic mass is 16.1. The first-order valence-corrected chi connectivity index (χ1v) is 4.92. The number of carbonyl (C=O) groups is 1. The van der Waals surface area contributed by atoms with E-state index in [9.17, 15) is 4.79 Å². The van der Waals surface area contributed by atoms with Crippen LogP contribution in [-0.4, -0.2) is 5.78 Å². The maximum Gasteiger partial charge on any atom is 0.133 e. The van der Waals surface area contributed by atoms with Gasteiger partial charge in [-0.05, 0) is 31.1 Å².